The Morgan fingerprint density at radius 3 is 2.74 bits per heavy atom. The summed E-state index contributed by atoms with van der Waals surface area (Å²) >= 11 is 0. The van der Waals surface area contributed by atoms with Crippen molar-refractivity contribution in [2.75, 3.05) is 5.32 Å². The number of rotatable bonds is 6. The fraction of sp³-hybridized carbons (Fsp3) is 0.407. The molecule has 1 aliphatic rings. The van der Waals surface area contributed by atoms with E-state index in [9.17, 15) is 14.4 Å². The number of carbonyl (C=O) groups is 2. The van der Waals surface area contributed by atoms with E-state index in [0.717, 1.165) is 49.9 Å². The lowest BCUT2D eigenvalue weighted by atomic mass is 10.1. The zero-order valence-corrected chi connectivity index (χ0v) is 19.9. The van der Waals surface area contributed by atoms with E-state index in [2.05, 4.69) is 10.6 Å². The molecule has 7 heteroatoms. The highest BCUT2D eigenvalue weighted by atomic mass is 16.2. The molecule has 2 amide bonds. The Labute approximate surface area is 199 Å². The smallest absolute Gasteiger partial charge is 0.261 e. The van der Waals surface area contributed by atoms with Crippen LogP contribution in [0.3, 0.4) is 0 Å². The van der Waals surface area contributed by atoms with E-state index in [0.29, 0.717) is 35.2 Å². The zero-order chi connectivity index (χ0) is 24.1. The molecule has 2 heterocycles. The lowest BCUT2D eigenvalue weighted by Gasteiger charge is -2.16. The highest BCUT2D eigenvalue weighted by Gasteiger charge is 2.15. The molecule has 0 aliphatic carbocycles. The molecule has 0 saturated heterocycles. The first-order valence-electron chi connectivity index (χ1n) is 12.2. The Morgan fingerprint density at radius 1 is 1.09 bits per heavy atom. The van der Waals surface area contributed by atoms with E-state index in [-0.39, 0.29) is 23.3 Å². The molecule has 3 aromatic rings. The molecular formula is C27H32N4O3. The van der Waals surface area contributed by atoms with Crippen LogP contribution in [0.2, 0.25) is 0 Å². The zero-order valence-electron chi connectivity index (χ0n) is 19.9. The Hall–Kier alpha value is -3.48. The van der Waals surface area contributed by atoms with E-state index >= 15 is 0 Å². The summed E-state index contributed by atoms with van der Waals surface area (Å²) < 4.78 is 1.80. The van der Waals surface area contributed by atoms with Gasteiger partial charge in [0.05, 0.1) is 10.9 Å². The van der Waals surface area contributed by atoms with Gasteiger partial charge in [-0.15, -0.1) is 0 Å². The van der Waals surface area contributed by atoms with Crippen molar-refractivity contribution < 1.29 is 9.59 Å². The molecule has 1 unspecified atom stereocenters. The van der Waals surface area contributed by atoms with Crippen molar-refractivity contribution in [2.24, 2.45) is 5.92 Å². The van der Waals surface area contributed by atoms with Crippen LogP contribution in [0.1, 0.15) is 67.7 Å². The number of hydrogen-bond donors (Lipinski definition) is 2. The second kappa shape index (κ2) is 10.6. The summed E-state index contributed by atoms with van der Waals surface area (Å²) in [5.41, 5.74) is 2.61. The predicted molar refractivity (Wildman–Crippen MR) is 134 cm³/mol. The molecule has 0 saturated carbocycles. The van der Waals surface area contributed by atoms with Crippen LogP contribution in [0.4, 0.5) is 5.69 Å². The van der Waals surface area contributed by atoms with Crippen LogP contribution >= 0.6 is 0 Å². The maximum Gasteiger partial charge on any atom is 0.261 e. The molecule has 2 N–H and O–H groups in total. The van der Waals surface area contributed by atoms with Crippen molar-refractivity contribution in [3.63, 3.8) is 0 Å². The monoisotopic (exact) mass is 460 g/mol. The van der Waals surface area contributed by atoms with Gasteiger partial charge in [0.15, 0.2) is 0 Å². The lowest BCUT2D eigenvalue weighted by Crippen LogP contribution is -2.27. The summed E-state index contributed by atoms with van der Waals surface area (Å²) in [6.45, 7) is 4.90. The van der Waals surface area contributed by atoms with Crippen LogP contribution in [0.5, 0.6) is 0 Å². The second-order valence-electron chi connectivity index (χ2n) is 9.06. The van der Waals surface area contributed by atoms with Crippen molar-refractivity contribution in [3.05, 3.63) is 69.8 Å². The summed E-state index contributed by atoms with van der Waals surface area (Å²) in [4.78, 5) is 42.7. The van der Waals surface area contributed by atoms with Crippen LogP contribution in [0.25, 0.3) is 10.9 Å². The molecule has 0 radical (unpaired) electrons. The van der Waals surface area contributed by atoms with Gasteiger partial charge in [-0.05, 0) is 55.2 Å². The third-order valence-corrected chi connectivity index (χ3v) is 6.54. The summed E-state index contributed by atoms with van der Waals surface area (Å²) in [5, 5.41) is 6.39. The highest BCUT2D eigenvalue weighted by molar-refractivity contribution is 5.97. The topological polar surface area (TPSA) is 93.1 Å². The van der Waals surface area contributed by atoms with Gasteiger partial charge in [0.1, 0.15) is 5.82 Å². The molecule has 1 aliphatic heterocycles. The fourth-order valence-electron chi connectivity index (χ4n) is 4.23. The van der Waals surface area contributed by atoms with E-state index in [1.54, 1.807) is 22.8 Å². The summed E-state index contributed by atoms with van der Waals surface area (Å²) in [5.74, 6) is 0.504. The number of anilines is 1. The number of aryl methyl sites for hydroxylation is 1. The average Bonchev–Trinajstić information content (AvgIpc) is 2.83. The number of benzene rings is 2. The Morgan fingerprint density at radius 2 is 1.91 bits per heavy atom. The fourth-order valence-corrected chi connectivity index (χ4v) is 4.23. The number of aromatic nitrogens is 2. The van der Waals surface area contributed by atoms with E-state index in [1.165, 1.54) is 0 Å². The number of carbonyl (C=O) groups excluding carboxylic acids is 2. The normalized spacial score (nSPS) is 14.5. The van der Waals surface area contributed by atoms with Crippen LogP contribution in [0, 0.1) is 5.92 Å². The standard InChI is InChI=1S/C27H32N4O3/c1-3-18(2)25(32)29-21-10-8-9-19(15-21)17-28-26(33)20-12-13-22-23(16-20)30-24-11-6-4-5-7-14-31(24)27(22)34/h8-10,12-13,15-16,18H,3-7,11,14,17H2,1-2H3,(H,28,33)(H,29,32). The number of hydrogen-bond acceptors (Lipinski definition) is 4. The van der Waals surface area contributed by atoms with Crippen LogP contribution < -0.4 is 16.2 Å². The lowest BCUT2D eigenvalue weighted by molar-refractivity contribution is -0.119. The van der Waals surface area contributed by atoms with E-state index in [4.69, 9.17) is 4.98 Å². The van der Waals surface area contributed by atoms with Crippen molar-refractivity contribution in [2.45, 2.75) is 65.5 Å². The molecule has 1 aromatic heterocycles. The predicted octanol–water partition coefficient (Wildman–Crippen LogP) is 4.43. The maximum atomic E-state index is 13.0. The second-order valence-corrected chi connectivity index (χ2v) is 9.06. The van der Waals surface area contributed by atoms with Gasteiger partial charge >= 0.3 is 0 Å². The summed E-state index contributed by atoms with van der Waals surface area (Å²) in [7, 11) is 0. The van der Waals surface area contributed by atoms with E-state index in [1.807, 2.05) is 38.1 Å². The van der Waals surface area contributed by atoms with Crippen LogP contribution in [-0.4, -0.2) is 21.4 Å². The Kier molecular flexibility index (Phi) is 7.40. The molecule has 0 spiro atoms. The Balaban J connectivity index is 1.48. The van der Waals surface area contributed by atoms with Crippen LogP contribution in [-0.2, 0) is 24.3 Å². The van der Waals surface area contributed by atoms with Crippen molar-refractivity contribution >= 4 is 28.4 Å². The van der Waals surface area contributed by atoms with Gasteiger partial charge in [-0.2, -0.15) is 0 Å². The largest absolute Gasteiger partial charge is 0.348 e. The van der Waals surface area contributed by atoms with Gasteiger partial charge in [0, 0.05) is 36.7 Å². The molecule has 7 nitrogen and oxygen atoms in total. The number of nitrogens with zero attached hydrogens (tertiary/aromatic N) is 2. The van der Waals surface area contributed by atoms with Gasteiger partial charge in [-0.1, -0.05) is 38.8 Å². The minimum atomic E-state index is -0.232. The van der Waals surface area contributed by atoms with Gasteiger partial charge < -0.3 is 10.6 Å². The summed E-state index contributed by atoms with van der Waals surface area (Å²) in [6, 6.07) is 12.5. The minimum absolute atomic E-state index is 0.0169. The van der Waals surface area contributed by atoms with Crippen molar-refractivity contribution in [1.82, 2.24) is 14.9 Å². The van der Waals surface area contributed by atoms with Gasteiger partial charge in [0.2, 0.25) is 5.91 Å². The SMILES string of the molecule is CCC(C)C(=O)Nc1cccc(CNC(=O)c2ccc3c(=O)n4c(nc3c2)CCCCCC4)c1. The Bertz CT molecular complexity index is 1260. The first kappa shape index (κ1) is 23.7. The molecular weight excluding hydrogens is 428 g/mol. The maximum absolute atomic E-state index is 13.0. The van der Waals surface area contributed by atoms with Crippen LogP contribution in [0.15, 0.2) is 47.3 Å². The first-order valence-corrected chi connectivity index (χ1v) is 12.2. The number of amides is 2. The minimum Gasteiger partial charge on any atom is -0.348 e. The molecule has 178 valence electrons. The van der Waals surface area contributed by atoms with Crippen molar-refractivity contribution in [1.29, 1.82) is 0 Å². The molecule has 4 rings (SSSR count). The quantitative estimate of drug-likeness (QED) is 0.569. The number of nitrogens with one attached hydrogen (secondary N) is 2. The number of fused-ring (bicyclic) bond motifs is 2. The first-order chi connectivity index (χ1) is 16.5. The third-order valence-electron chi connectivity index (χ3n) is 6.54. The van der Waals surface area contributed by atoms with Gasteiger partial charge in [0.25, 0.3) is 11.5 Å². The average molecular weight is 461 g/mol. The molecule has 1 atom stereocenters. The molecule has 34 heavy (non-hydrogen) atoms. The molecule has 0 fully saturated rings. The highest BCUT2D eigenvalue weighted by Crippen LogP contribution is 2.17. The van der Waals surface area contributed by atoms with Crippen molar-refractivity contribution in [3.8, 4) is 0 Å². The third kappa shape index (κ3) is 5.35. The summed E-state index contributed by atoms with van der Waals surface area (Å²) in [6.07, 6.45) is 5.86. The molecule has 2 aromatic carbocycles. The molecule has 0 bridgehead atoms. The van der Waals surface area contributed by atoms with Gasteiger partial charge in [-0.25, -0.2) is 4.98 Å². The van der Waals surface area contributed by atoms with Gasteiger partial charge in [-0.3, -0.25) is 19.0 Å². The van der Waals surface area contributed by atoms with E-state index < -0.39 is 0 Å².